The second kappa shape index (κ2) is 6.38. The zero-order valence-corrected chi connectivity index (χ0v) is 13.3. The Kier molecular flexibility index (Phi) is 4.40. The van der Waals surface area contributed by atoms with E-state index in [1.807, 2.05) is 0 Å². The van der Waals surface area contributed by atoms with Crippen LogP contribution in [0.25, 0.3) is 10.9 Å². The number of nitrogens with one attached hydrogen (secondary N) is 1. The first-order valence-electron chi connectivity index (χ1n) is 7.96. The maximum atomic E-state index is 13.2. The monoisotopic (exact) mass is 353 g/mol. The molecule has 1 aromatic carbocycles. The number of hydrogen-bond donors (Lipinski definition) is 3. The van der Waals surface area contributed by atoms with Crippen LogP contribution in [0.3, 0.4) is 0 Å². The Morgan fingerprint density at radius 3 is 2.60 bits per heavy atom. The van der Waals surface area contributed by atoms with Crippen molar-refractivity contribution in [3.8, 4) is 0 Å². The Labute approximate surface area is 141 Å². The van der Waals surface area contributed by atoms with Gasteiger partial charge in [-0.25, -0.2) is 4.98 Å². The third kappa shape index (κ3) is 3.59. The molecular formula is C16H18F3N5O. The normalized spacial score (nSPS) is 21.2. The van der Waals surface area contributed by atoms with Crippen LogP contribution in [0.5, 0.6) is 0 Å². The summed E-state index contributed by atoms with van der Waals surface area (Å²) in [5.41, 5.74) is 12.1. The SMILES string of the molecule is Nc1nc(N)c2cc(NC(=O)[C@@H]3CCCC[C@H]3C(F)(F)F)ccc2n1. The Hall–Kier alpha value is -2.58. The second-order valence-electron chi connectivity index (χ2n) is 6.23. The predicted octanol–water partition coefficient (Wildman–Crippen LogP) is 3.10. The second-order valence-corrected chi connectivity index (χ2v) is 6.23. The molecule has 0 bridgehead atoms. The molecule has 1 fully saturated rings. The number of halogens is 3. The van der Waals surface area contributed by atoms with E-state index in [4.69, 9.17) is 11.5 Å². The van der Waals surface area contributed by atoms with E-state index in [2.05, 4.69) is 15.3 Å². The first kappa shape index (κ1) is 17.2. The molecule has 0 aliphatic heterocycles. The Morgan fingerprint density at radius 1 is 1.16 bits per heavy atom. The van der Waals surface area contributed by atoms with Crippen LogP contribution in [0.2, 0.25) is 0 Å². The summed E-state index contributed by atoms with van der Waals surface area (Å²) in [6.45, 7) is 0. The van der Waals surface area contributed by atoms with Gasteiger partial charge in [-0.15, -0.1) is 0 Å². The molecule has 9 heteroatoms. The summed E-state index contributed by atoms with van der Waals surface area (Å²) in [7, 11) is 0. The Bertz CT molecular complexity index is 808. The van der Waals surface area contributed by atoms with Crippen LogP contribution in [0.15, 0.2) is 18.2 Å². The third-order valence-corrected chi connectivity index (χ3v) is 4.53. The van der Waals surface area contributed by atoms with Gasteiger partial charge in [-0.1, -0.05) is 12.8 Å². The zero-order chi connectivity index (χ0) is 18.2. The van der Waals surface area contributed by atoms with E-state index in [1.165, 1.54) is 6.07 Å². The molecule has 2 aromatic rings. The van der Waals surface area contributed by atoms with E-state index in [9.17, 15) is 18.0 Å². The van der Waals surface area contributed by atoms with Gasteiger partial charge in [0, 0.05) is 17.0 Å². The third-order valence-electron chi connectivity index (χ3n) is 4.53. The largest absolute Gasteiger partial charge is 0.392 e. The van der Waals surface area contributed by atoms with E-state index >= 15 is 0 Å². The number of fused-ring (bicyclic) bond motifs is 1. The van der Waals surface area contributed by atoms with Gasteiger partial charge in [0.25, 0.3) is 0 Å². The molecule has 1 aromatic heterocycles. The molecule has 0 spiro atoms. The molecule has 0 radical (unpaired) electrons. The molecule has 134 valence electrons. The van der Waals surface area contributed by atoms with Crippen molar-refractivity contribution in [3.05, 3.63) is 18.2 Å². The highest BCUT2D eigenvalue weighted by atomic mass is 19.4. The summed E-state index contributed by atoms with van der Waals surface area (Å²) < 4.78 is 39.5. The van der Waals surface area contributed by atoms with Gasteiger partial charge in [0.2, 0.25) is 11.9 Å². The average Bonchev–Trinajstić information content (AvgIpc) is 2.54. The molecule has 5 N–H and O–H groups in total. The van der Waals surface area contributed by atoms with E-state index in [-0.39, 0.29) is 24.6 Å². The summed E-state index contributed by atoms with van der Waals surface area (Å²) in [6, 6.07) is 4.67. The van der Waals surface area contributed by atoms with Crippen LogP contribution in [-0.4, -0.2) is 22.1 Å². The van der Waals surface area contributed by atoms with Crippen molar-refractivity contribution >= 4 is 34.3 Å². The van der Waals surface area contributed by atoms with Crippen molar-refractivity contribution in [2.75, 3.05) is 16.8 Å². The number of amides is 1. The minimum absolute atomic E-state index is 0.0145. The highest BCUT2D eigenvalue weighted by Gasteiger charge is 2.48. The van der Waals surface area contributed by atoms with Crippen LogP contribution in [0.1, 0.15) is 25.7 Å². The van der Waals surface area contributed by atoms with Gasteiger partial charge in [0.15, 0.2) is 0 Å². The van der Waals surface area contributed by atoms with Gasteiger partial charge < -0.3 is 16.8 Å². The number of carbonyl (C=O) groups excluding carboxylic acids is 1. The van der Waals surface area contributed by atoms with Gasteiger partial charge in [-0.05, 0) is 31.0 Å². The minimum Gasteiger partial charge on any atom is -0.383 e. The molecule has 1 amide bonds. The summed E-state index contributed by atoms with van der Waals surface area (Å²) in [5, 5.41) is 3.04. The van der Waals surface area contributed by atoms with Crippen molar-refractivity contribution in [1.82, 2.24) is 9.97 Å². The number of aromatic nitrogens is 2. The highest BCUT2D eigenvalue weighted by Crippen LogP contribution is 2.42. The smallest absolute Gasteiger partial charge is 0.383 e. The molecule has 0 unspecified atom stereocenters. The number of carbonyl (C=O) groups is 1. The number of hydrogen-bond acceptors (Lipinski definition) is 5. The van der Waals surface area contributed by atoms with Crippen LogP contribution < -0.4 is 16.8 Å². The quantitative estimate of drug-likeness (QED) is 0.769. The fourth-order valence-corrected chi connectivity index (χ4v) is 3.32. The van der Waals surface area contributed by atoms with Gasteiger partial charge in [0.1, 0.15) is 5.82 Å². The van der Waals surface area contributed by atoms with Crippen LogP contribution in [0.4, 0.5) is 30.6 Å². The van der Waals surface area contributed by atoms with Gasteiger partial charge in [0.05, 0.1) is 11.4 Å². The Morgan fingerprint density at radius 2 is 1.88 bits per heavy atom. The lowest BCUT2D eigenvalue weighted by Gasteiger charge is -2.32. The minimum atomic E-state index is -4.37. The zero-order valence-electron chi connectivity index (χ0n) is 13.3. The number of benzene rings is 1. The molecule has 1 saturated carbocycles. The Balaban J connectivity index is 1.83. The van der Waals surface area contributed by atoms with Crippen LogP contribution >= 0.6 is 0 Å². The average molecular weight is 353 g/mol. The van der Waals surface area contributed by atoms with Crippen LogP contribution in [0, 0.1) is 11.8 Å². The van der Waals surface area contributed by atoms with Gasteiger partial charge in [-0.3, -0.25) is 4.79 Å². The molecule has 25 heavy (non-hydrogen) atoms. The lowest BCUT2D eigenvalue weighted by Crippen LogP contribution is -2.39. The first-order chi connectivity index (χ1) is 11.8. The van der Waals surface area contributed by atoms with Crippen molar-refractivity contribution in [1.29, 1.82) is 0 Å². The molecule has 1 heterocycles. The van der Waals surface area contributed by atoms with Crippen molar-refractivity contribution < 1.29 is 18.0 Å². The van der Waals surface area contributed by atoms with Gasteiger partial charge in [-0.2, -0.15) is 18.2 Å². The molecule has 6 nitrogen and oxygen atoms in total. The number of nitrogens with two attached hydrogens (primary N) is 2. The molecule has 3 rings (SSSR count). The van der Waals surface area contributed by atoms with E-state index in [0.29, 0.717) is 29.4 Å². The summed E-state index contributed by atoms with van der Waals surface area (Å²) >= 11 is 0. The van der Waals surface area contributed by atoms with E-state index < -0.39 is 23.9 Å². The molecule has 0 saturated heterocycles. The summed E-state index contributed by atoms with van der Waals surface area (Å²) in [5.74, 6) is -3.14. The number of alkyl halides is 3. The maximum absolute atomic E-state index is 13.2. The molecule has 1 aliphatic rings. The predicted molar refractivity (Wildman–Crippen MR) is 88.5 cm³/mol. The molecule has 2 atom stereocenters. The van der Waals surface area contributed by atoms with Crippen molar-refractivity contribution in [2.24, 2.45) is 11.8 Å². The summed E-state index contributed by atoms with van der Waals surface area (Å²) in [4.78, 5) is 20.3. The lowest BCUT2D eigenvalue weighted by atomic mass is 9.78. The first-order valence-corrected chi connectivity index (χ1v) is 7.96. The van der Waals surface area contributed by atoms with Crippen molar-refractivity contribution in [2.45, 2.75) is 31.9 Å². The molecule has 1 aliphatic carbocycles. The van der Waals surface area contributed by atoms with E-state index in [0.717, 1.165) is 0 Å². The van der Waals surface area contributed by atoms with Gasteiger partial charge >= 0.3 is 6.18 Å². The number of rotatable bonds is 2. The lowest BCUT2D eigenvalue weighted by molar-refractivity contribution is -0.197. The standard InChI is InChI=1S/C16H18F3N5O/c17-16(18,19)11-4-2-1-3-9(11)14(25)22-8-5-6-12-10(7-8)13(20)24-15(21)23-12/h5-7,9,11H,1-4H2,(H,22,25)(H4,20,21,23,24)/t9-,11-/m1/s1. The van der Waals surface area contributed by atoms with Crippen molar-refractivity contribution in [3.63, 3.8) is 0 Å². The number of nitrogens with zero attached hydrogens (tertiary/aromatic N) is 2. The summed E-state index contributed by atoms with van der Waals surface area (Å²) in [6.07, 6.45) is -3.06. The molecular weight excluding hydrogens is 335 g/mol. The number of nitrogen functional groups attached to an aromatic ring is 2. The fraction of sp³-hybridized carbons (Fsp3) is 0.438. The fourth-order valence-electron chi connectivity index (χ4n) is 3.32. The maximum Gasteiger partial charge on any atom is 0.392 e. The van der Waals surface area contributed by atoms with Crippen LogP contribution in [-0.2, 0) is 4.79 Å². The van der Waals surface area contributed by atoms with E-state index in [1.54, 1.807) is 12.1 Å². The topological polar surface area (TPSA) is 107 Å². The highest BCUT2D eigenvalue weighted by molar-refractivity contribution is 5.97. The number of anilines is 3.